The van der Waals surface area contributed by atoms with Crippen molar-refractivity contribution >= 4 is 6.09 Å². The summed E-state index contributed by atoms with van der Waals surface area (Å²) in [5, 5.41) is 12.6. The fourth-order valence-electron chi connectivity index (χ4n) is 2.58. The van der Waals surface area contributed by atoms with E-state index < -0.39 is 6.09 Å². The molecule has 3 unspecified atom stereocenters. The van der Waals surface area contributed by atoms with Crippen LogP contribution in [0, 0.1) is 11.8 Å². The molecule has 2 N–H and O–H groups in total. The van der Waals surface area contributed by atoms with Gasteiger partial charge >= 0.3 is 6.09 Å². The second-order valence-corrected chi connectivity index (χ2v) is 5.68. The van der Waals surface area contributed by atoms with Crippen LogP contribution < -0.4 is 5.32 Å². The first-order valence-electron chi connectivity index (χ1n) is 6.67. The van der Waals surface area contributed by atoms with Gasteiger partial charge in [0.25, 0.3) is 0 Å². The molecule has 0 aromatic carbocycles. The quantitative estimate of drug-likeness (QED) is 0.792. The van der Waals surface area contributed by atoms with Crippen LogP contribution in [0.3, 0.4) is 0 Å². The first-order chi connectivity index (χ1) is 8.42. The van der Waals surface area contributed by atoms with E-state index in [-0.39, 0.29) is 18.1 Å². The zero-order valence-electron chi connectivity index (χ0n) is 11.8. The lowest BCUT2D eigenvalue weighted by Crippen LogP contribution is -2.53. The van der Waals surface area contributed by atoms with Crippen LogP contribution in [-0.2, 0) is 4.74 Å². The SMILES string of the molecule is COC(=O)NC1CC(C(C)O)CN(CC(C)C)C1. The Balaban J connectivity index is 2.59. The van der Waals surface area contributed by atoms with Crippen LogP contribution in [0.2, 0.25) is 0 Å². The van der Waals surface area contributed by atoms with Crippen molar-refractivity contribution in [1.29, 1.82) is 0 Å². The van der Waals surface area contributed by atoms with Gasteiger partial charge in [0.1, 0.15) is 0 Å². The van der Waals surface area contributed by atoms with Crippen molar-refractivity contribution in [2.75, 3.05) is 26.7 Å². The van der Waals surface area contributed by atoms with Crippen LogP contribution in [0.15, 0.2) is 0 Å². The van der Waals surface area contributed by atoms with E-state index in [2.05, 4.69) is 28.8 Å². The maximum atomic E-state index is 11.3. The van der Waals surface area contributed by atoms with Gasteiger partial charge in [0.2, 0.25) is 0 Å². The molecule has 1 amide bonds. The molecule has 0 aromatic heterocycles. The third-order valence-electron chi connectivity index (χ3n) is 3.37. The van der Waals surface area contributed by atoms with Gasteiger partial charge in [0, 0.05) is 25.7 Å². The Labute approximate surface area is 109 Å². The minimum Gasteiger partial charge on any atom is -0.453 e. The highest BCUT2D eigenvalue weighted by molar-refractivity contribution is 5.67. The Bertz CT molecular complexity index is 269. The highest BCUT2D eigenvalue weighted by atomic mass is 16.5. The summed E-state index contributed by atoms with van der Waals surface area (Å²) in [5.41, 5.74) is 0. The number of rotatable bonds is 4. The molecule has 106 valence electrons. The standard InChI is InChI=1S/C13H26N2O3/c1-9(2)6-15-7-11(10(3)16)5-12(8-15)14-13(17)18-4/h9-12,16H,5-8H2,1-4H3,(H,14,17). The molecule has 0 aromatic rings. The molecule has 18 heavy (non-hydrogen) atoms. The average molecular weight is 258 g/mol. The molecule has 0 radical (unpaired) electrons. The molecule has 1 aliphatic heterocycles. The number of likely N-dealkylation sites (tertiary alicyclic amines) is 1. The lowest BCUT2D eigenvalue weighted by atomic mass is 9.90. The summed E-state index contributed by atoms with van der Waals surface area (Å²) in [7, 11) is 1.37. The molecular weight excluding hydrogens is 232 g/mol. The van der Waals surface area contributed by atoms with E-state index in [9.17, 15) is 9.90 Å². The van der Waals surface area contributed by atoms with Crippen LogP contribution in [0.5, 0.6) is 0 Å². The number of aliphatic hydroxyl groups is 1. The van der Waals surface area contributed by atoms with E-state index >= 15 is 0 Å². The smallest absolute Gasteiger partial charge is 0.407 e. The van der Waals surface area contributed by atoms with Gasteiger partial charge < -0.3 is 20.1 Å². The van der Waals surface area contributed by atoms with Crippen molar-refractivity contribution in [3.05, 3.63) is 0 Å². The van der Waals surface area contributed by atoms with Gasteiger partial charge in [-0.1, -0.05) is 13.8 Å². The van der Waals surface area contributed by atoms with E-state index in [4.69, 9.17) is 0 Å². The molecule has 1 rings (SSSR count). The van der Waals surface area contributed by atoms with Crippen molar-refractivity contribution in [1.82, 2.24) is 10.2 Å². The Kier molecular flexibility index (Phi) is 5.88. The van der Waals surface area contributed by atoms with Crippen LogP contribution >= 0.6 is 0 Å². The largest absolute Gasteiger partial charge is 0.453 e. The van der Waals surface area contributed by atoms with Crippen molar-refractivity contribution in [3.63, 3.8) is 0 Å². The predicted octanol–water partition coefficient (Wildman–Crippen LogP) is 1.07. The second-order valence-electron chi connectivity index (χ2n) is 5.68. The number of hydrogen-bond acceptors (Lipinski definition) is 4. The van der Waals surface area contributed by atoms with Gasteiger partial charge in [-0.15, -0.1) is 0 Å². The Morgan fingerprint density at radius 3 is 2.61 bits per heavy atom. The third kappa shape index (κ3) is 4.82. The molecule has 0 aliphatic carbocycles. The van der Waals surface area contributed by atoms with Crippen LogP contribution in [0.4, 0.5) is 4.79 Å². The number of carbonyl (C=O) groups excluding carboxylic acids is 1. The molecule has 0 spiro atoms. The number of hydrogen-bond donors (Lipinski definition) is 2. The van der Waals surface area contributed by atoms with E-state index in [1.165, 1.54) is 7.11 Å². The summed E-state index contributed by atoms with van der Waals surface area (Å²) in [6.07, 6.45) is 0.0686. The van der Waals surface area contributed by atoms with Crippen molar-refractivity contribution in [3.8, 4) is 0 Å². The zero-order chi connectivity index (χ0) is 13.7. The number of piperidine rings is 1. The van der Waals surface area contributed by atoms with E-state index in [1.54, 1.807) is 0 Å². The summed E-state index contributed by atoms with van der Waals surface area (Å²) < 4.78 is 4.63. The minimum absolute atomic E-state index is 0.0598. The second kappa shape index (κ2) is 6.95. The molecule has 5 heteroatoms. The summed E-state index contributed by atoms with van der Waals surface area (Å²) in [6.45, 7) is 8.89. The fraction of sp³-hybridized carbons (Fsp3) is 0.923. The summed E-state index contributed by atoms with van der Waals surface area (Å²) >= 11 is 0. The van der Waals surface area contributed by atoms with Gasteiger partial charge in [-0.3, -0.25) is 0 Å². The average Bonchev–Trinajstić information content (AvgIpc) is 2.27. The Hall–Kier alpha value is -0.810. The van der Waals surface area contributed by atoms with Gasteiger partial charge in [-0.05, 0) is 25.2 Å². The zero-order valence-corrected chi connectivity index (χ0v) is 11.8. The van der Waals surface area contributed by atoms with Gasteiger partial charge in [-0.25, -0.2) is 4.79 Å². The van der Waals surface area contributed by atoms with Crippen molar-refractivity contribution in [2.24, 2.45) is 11.8 Å². The molecule has 1 heterocycles. The maximum Gasteiger partial charge on any atom is 0.407 e. The highest BCUT2D eigenvalue weighted by Gasteiger charge is 2.30. The number of amides is 1. The molecule has 3 atom stereocenters. The Morgan fingerprint density at radius 1 is 1.44 bits per heavy atom. The molecule has 1 saturated heterocycles. The number of nitrogens with zero attached hydrogens (tertiary/aromatic N) is 1. The third-order valence-corrected chi connectivity index (χ3v) is 3.37. The minimum atomic E-state index is -0.393. The first-order valence-corrected chi connectivity index (χ1v) is 6.67. The molecule has 0 saturated carbocycles. The summed E-state index contributed by atoms with van der Waals surface area (Å²) in [5.74, 6) is 0.788. The fourth-order valence-corrected chi connectivity index (χ4v) is 2.58. The predicted molar refractivity (Wildman–Crippen MR) is 70.4 cm³/mol. The Morgan fingerprint density at radius 2 is 2.11 bits per heavy atom. The first kappa shape index (κ1) is 15.2. The van der Waals surface area contributed by atoms with Crippen molar-refractivity contribution in [2.45, 2.75) is 39.3 Å². The lowest BCUT2D eigenvalue weighted by molar-refractivity contribution is 0.0428. The molecular formula is C13H26N2O3. The number of nitrogens with one attached hydrogen (secondary N) is 1. The number of methoxy groups -OCH3 is 1. The van der Waals surface area contributed by atoms with Crippen LogP contribution in [-0.4, -0.2) is 55.0 Å². The molecule has 0 bridgehead atoms. The number of aliphatic hydroxyl groups excluding tert-OH is 1. The van der Waals surface area contributed by atoms with E-state index in [1.807, 2.05) is 6.92 Å². The van der Waals surface area contributed by atoms with E-state index in [0.717, 1.165) is 26.1 Å². The molecule has 5 nitrogen and oxygen atoms in total. The molecule has 1 fully saturated rings. The number of ether oxygens (including phenoxy) is 1. The molecule has 1 aliphatic rings. The topological polar surface area (TPSA) is 61.8 Å². The van der Waals surface area contributed by atoms with Gasteiger partial charge in [0.05, 0.1) is 13.2 Å². The van der Waals surface area contributed by atoms with Gasteiger partial charge in [0.15, 0.2) is 0 Å². The summed E-state index contributed by atoms with van der Waals surface area (Å²) in [6, 6.07) is 0.0598. The lowest BCUT2D eigenvalue weighted by Gasteiger charge is -2.39. The monoisotopic (exact) mass is 258 g/mol. The van der Waals surface area contributed by atoms with E-state index in [0.29, 0.717) is 5.92 Å². The number of alkyl carbamates (subject to hydrolysis) is 1. The van der Waals surface area contributed by atoms with Gasteiger partial charge in [-0.2, -0.15) is 0 Å². The number of carbonyl (C=O) groups is 1. The van der Waals surface area contributed by atoms with Crippen LogP contribution in [0.25, 0.3) is 0 Å². The van der Waals surface area contributed by atoms with Crippen molar-refractivity contribution < 1.29 is 14.6 Å². The highest BCUT2D eigenvalue weighted by Crippen LogP contribution is 2.21. The van der Waals surface area contributed by atoms with Crippen LogP contribution in [0.1, 0.15) is 27.2 Å². The normalized spacial score (nSPS) is 27.0. The maximum absolute atomic E-state index is 11.3. The summed E-state index contributed by atoms with van der Waals surface area (Å²) in [4.78, 5) is 13.6.